The van der Waals surface area contributed by atoms with Crippen molar-refractivity contribution in [3.8, 4) is 0 Å². The fourth-order valence-electron chi connectivity index (χ4n) is 1.50. The Morgan fingerprint density at radius 3 is 2.94 bits per heavy atom. The van der Waals surface area contributed by atoms with Crippen molar-refractivity contribution in [2.24, 2.45) is 0 Å². The number of rotatable bonds is 5. The second-order valence-corrected chi connectivity index (χ2v) is 4.49. The molecule has 0 bridgehead atoms. The molecule has 0 spiro atoms. The quantitative estimate of drug-likeness (QED) is 0.845. The van der Waals surface area contributed by atoms with Crippen LogP contribution in [0.15, 0.2) is 18.3 Å². The minimum Gasteiger partial charge on any atom is -0.349 e. The standard InChI is InChI=1S/C12H17BrN2O/c1-3-10(6-7-13)15-12(16)11-5-4-8-14-9(11)2/h4-5,8,10H,3,6-7H2,1-2H3,(H,15,16). The van der Waals surface area contributed by atoms with Crippen LogP contribution >= 0.6 is 15.9 Å². The Balaban J connectivity index is 2.68. The molecule has 3 nitrogen and oxygen atoms in total. The van der Waals surface area contributed by atoms with Crippen LogP contribution in [-0.2, 0) is 0 Å². The first-order valence-electron chi connectivity index (χ1n) is 5.47. The molecule has 0 aromatic carbocycles. The minimum atomic E-state index is -0.0293. The number of carbonyl (C=O) groups is 1. The van der Waals surface area contributed by atoms with Crippen molar-refractivity contribution in [2.45, 2.75) is 32.7 Å². The van der Waals surface area contributed by atoms with Crippen LogP contribution < -0.4 is 5.32 Å². The zero-order valence-corrected chi connectivity index (χ0v) is 11.3. The molecular weight excluding hydrogens is 268 g/mol. The van der Waals surface area contributed by atoms with Crippen molar-refractivity contribution >= 4 is 21.8 Å². The first-order chi connectivity index (χ1) is 7.69. The molecule has 0 saturated carbocycles. The Kier molecular flexibility index (Phi) is 5.46. The molecule has 16 heavy (non-hydrogen) atoms. The van der Waals surface area contributed by atoms with E-state index in [1.807, 2.05) is 6.92 Å². The fraction of sp³-hybridized carbons (Fsp3) is 0.500. The fourth-order valence-corrected chi connectivity index (χ4v) is 2.05. The Morgan fingerprint density at radius 2 is 2.38 bits per heavy atom. The van der Waals surface area contributed by atoms with E-state index in [2.05, 4.69) is 33.2 Å². The van der Waals surface area contributed by atoms with Crippen LogP contribution in [0.4, 0.5) is 0 Å². The van der Waals surface area contributed by atoms with Gasteiger partial charge in [0.05, 0.1) is 5.56 Å². The molecular formula is C12H17BrN2O. The smallest absolute Gasteiger partial charge is 0.253 e. The highest BCUT2D eigenvalue weighted by atomic mass is 79.9. The lowest BCUT2D eigenvalue weighted by Gasteiger charge is -2.16. The number of aryl methyl sites for hydroxylation is 1. The maximum absolute atomic E-state index is 11.9. The third kappa shape index (κ3) is 3.59. The summed E-state index contributed by atoms with van der Waals surface area (Å²) in [6.45, 7) is 3.92. The summed E-state index contributed by atoms with van der Waals surface area (Å²) in [5, 5.41) is 3.92. The zero-order chi connectivity index (χ0) is 12.0. The Hall–Kier alpha value is -0.900. The number of halogens is 1. The SMILES string of the molecule is CCC(CCBr)NC(=O)c1cccnc1C. The summed E-state index contributed by atoms with van der Waals surface area (Å²) in [4.78, 5) is 16.1. The van der Waals surface area contributed by atoms with Gasteiger partial charge in [-0.25, -0.2) is 0 Å². The van der Waals surface area contributed by atoms with E-state index in [1.165, 1.54) is 0 Å². The number of nitrogens with one attached hydrogen (secondary N) is 1. The van der Waals surface area contributed by atoms with Gasteiger partial charge in [0.15, 0.2) is 0 Å². The highest BCUT2D eigenvalue weighted by molar-refractivity contribution is 9.09. The van der Waals surface area contributed by atoms with E-state index < -0.39 is 0 Å². The largest absolute Gasteiger partial charge is 0.349 e. The molecule has 1 atom stereocenters. The van der Waals surface area contributed by atoms with Crippen LogP contribution in [0.1, 0.15) is 35.8 Å². The van der Waals surface area contributed by atoms with E-state index in [4.69, 9.17) is 0 Å². The molecule has 0 aliphatic heterocycles. The van der Waals surface area contributed by atoms with Crippen molar-refractivity contribution in [1.82, 2.24) is 10.3 Å². The molecule has 1 unspecified atom stereocenters. The molecule has 4 heteroatoms. The number of hydrogen-bond donors (Lipinski definition) is 1. The average molecular weight is 285 g/mol. The molecule has 1 rings (SSSR count). The van der Waals surface area contributed by atoms with Gasteiger partial charge in [0.2, 0.25) is 0 Å². The molecule has 0 fully saturated rings. The van der Waals surface area contributed by atoms with E-state index in [0.717, 1.165) is 23.9 Å². The van der Waals surface area contributed by atoms with Gasteiger partial charge in [-0.1, -0.05) is 22.9 Å². The topological polar surface area (TPSA) is 42.0 Å². The van der Waals surface area contributed by atoms with Gasteiger partial charge in [-0.2, -0.15) is 0 Å². The normalized spacial score (nSPS) is 12.2. The van der Waals surface area contributed by atoms with Crippen LogP contribution in [-0.4, -0.2) is 22.3 Å². The number of aromatic nitrogens is 1. The van der Waals surface area contributed by atoms with E-state index in [0.29, 0.717) is 5.56 Å². The van der Waals surface area contributed by atoms with E-state index >= 15 is 0 Å². The Morgan fingerprint density at radius 1 is 1.62 bits per heavy atom. The van der Waals surface area contributed by atoms with Gasteiger partial charge in [0.1, 0.15) is 0 Å². The monoisotopic (exact) mass is 284 g/mol. The predicted octanol–water partition coefficient (Wildman–Crippen LogP) is 2.68. The molecule has 0 saturated heterocycles. The molecule has 0 aliphatic rings. The average Bonchev–Trinajstić information content (AvgIpc) is 2.28. The maximum Gasteiger partial charge on any atom is 0.253 e. The number of nitrogens with zero attached hydrogens (tertiary/aromatic N) is 1. The zero-order valence-electron chi connectivity index (χ0n) is 9.66. The minimum absolute atomic E-state index is 0.0293. The number of pyridine rings is 1. The summed E-state index contributed by atoms with van der Waals surface area (Å²) in [6, 6.07) is 3.82. The highest BCUT2D eigenvalue weighted by Crippen LogP contribution is 2.06. The van der Waals surface area contributed by atoms with Gasteiger partial charge in [0, 0.05) is 23.3 Å². The third-order valence-corrected chi connectivity index (χ3v) is 2.99. The molecule has 88 valence electrons. The lowest BCUT2D eigenvalue weighted by atomic mass is 10.1. The van der Waals surface area contributed by atoms with Crippen molar-refractivity contribution < 1.29 is 4.79 Å². The molecule has 1 N–H and O–H groups in total. The van der Waals surface area contributed by atoms with Crippen LogP contribution in [0.3, 0.4) is 0 Å². The molecule has 0 aliphatic carbocycles. The van der Waals surface area contributed by atoms with Gasteiger partial charge in [-0.15, -0.1) is 0 Å². The van der Waals surface area contributed by atoms with Gasteiger partial charge in [-0.05, 0) is 31.9 Å². The van der Waals surface area contributed by atoms with Gasteiger partial charge in [-0.3, -0.25) is 9.78 Å². The lowest BCUT2D eigenvalue weighted by Crippen LogP contribution is -2.35. The van der Waals surface area contributed by atoms with Gasteiger partial charge >= 0.3 is 0 Å². The van der Waals surface area contributed by atoms with Crippen LogP contribution in [0.5, 0.6) is 0 Å². The van der Waals surface area contributed by atoms with Crippen LogP contribution in [0, 0.1) is 6.92 Å². The Bertz CT molecular complexity index is 355. The molecule has 1 aromatic heterocycles. The summed E-state index contributed by atoms with van der Waals surface area (Å²) in [7, 11) is 0. The van der Waals surface area contributed by atoms with E-state index in [1.54, 1.807) is 18.3 Å². The molecule has 1 aromatic rings. The summed E-state index contributed by atoms with van der Waals surface area (Å²) in [6.07, 6.45) is 3.58. The summed E-state index contributed by atoms with van der Waals surface area (Å²) in [5.74, 6) is -0.0293. The molecule has 0 radical (unpaired) electrons. The van der Waals surface area contributed by atoms with Crippen LogP contribution in [0.25, 0.3) is 0 Å². The number of carbonyl (C=O) groups excluding carboxylic acids is 1. The van der Waals surface area contributed by atoms with Gasteiger partial charge < -0.3 is 5.32 Å². The third-order valence-electron chi connectivity index (χ3n) is 2.54. The summed E-state index contributed by atoms with van der Waals surface area (Å²) < 4.78 is 0. The van der Waals surface area contributed by atoms with Crippen molar-refractivity contribution in [1.29, 1.82) is 0 Å². The number of alkyl halides is 1. The lowest BCUT2D eigenvalue weighted by molar-refractivity contribution is 0.0934. The predicted molar refractivity (Wildman–Crippen MR) is 68.9 cm³/mol. The first-order valence-corrected chi connectivity index (χ1v) is 6.59. The molecule has 1 amide bonds. The number of hydrogen-bond acceptors (Lipinski definition) is 2. The second kappa shape index (κ2) is 6.63. The van der Waals surface area contributed by atoms with Crippen molar-refractivity contribution in [3.05, 3.63) is 29.6 Å². The van der Waals surface area contributed by atoms with Crippen molar-refractivity contribution in [2.75, 3.05) is 5.33 Å². The second-order valence-electron chi connectivity index (χ2n) is 3.69. The number of amides is 1. The molecule has 1 heterocycles. The van der Waals surface area contributed by atoms with Crippen LogP contribution in [0.2, 0.25) is 0 Å². The highest BCUT2D eigenvalue weighted by Gasteiger charge is 2.13. The van der Waals surface area contributed by atoms with Crippen molar-refractivity contribution in [3.63, 3.8) is 0 Å². The maximum atomic E-state index is 11.9. The first kappa shape index (κ1) is 13.2. The van der Waals surface area contributed by atoms with E-state index in [9.17, 15) is 4.79 Å². The Labute approximate surface area is 105 Å². The van der Waals surface area contributed by atoms with E-state index in [-0.39, 0.29) is 11.9 Å². The van der Waals surface area contributed by atoms with Gasteiger partial charge in [0.25, 0.3) is 5.91 Å². The summed E-state index contributed by atoms with van der Waals surface area (Å²) in [5.41, 5.74) is 1.43. The summed E-state index contributed by atoms with van der Waals surface area (Å²) >= 11 is 3.39.